The van der Waals surface area contributed by atoms with Gasteiger partial charge in [-0.05, 0) is 30.7 Å². The van der Waals surface area contributed by atoms with Crippen molar-refractivity contribution < 1.29 is 0 Å². The smallest absolute Gasteiger partial charge is 0.147 e. The molecule has 1 saturated heterocycles. The fourth-order valence-corrected chi connectivity index (χ4v) is 6.15. The first kappa shape index (κ1) is 19.0. The van der Waals surface area contributed by atoms with Crippen molar-refractivity contribution >= 4 is 46.3 Å². The molecular weight excluding hydrogens is 426 g/mol. The average molecular weight is 446 g/mol. The van der Waals surface area contributed by atoms with Gasteiger partial charge < -0.3 is 16.4 Å². The van der Waals surface area contributed by atoms with Gasteiger partial charge in [0.1, 0.15) is 16.7 Å². The number of nitrogen functional groups attached to an aromatic ring is 1. The molecule has 0 bridgehead atoms. The number of hydrogen-bond donors (Lipinski definition) is 2. The van der Waals surface area contributed by atoms with Crippen LogP contribution in [0.3, 0.4) is 0 Å². The van der Waals surface area contributed by atoms with Gasteiger partial charge in [-0.15, -0.1) is 11.3 Å². The number of aromatic nitrogens is 4. The third kappa shape index (κ3) is 3.35. The first-order valence-electron chi connectivity index (χ1n) is 9.38. The second-order valence-electron chi connectivity index (χ2n) is 7.49. The second-order valence-corrected chi connectivity index (χ2v) is 9.82. The van der Waals surface area contributed by atoms with Gasteiger partial charge in [-0.25, -0.2) is 19.9 Å². The van der Waals surface area contributed by atoms with E-state index in [1.165, 1.54) is 22.3 Å². The van der Waals surface area contributed by atoms with Crippen molar-refractivity contribution in [2.45, 2.75) is 35.2 Å². The molecule has 4 N–H and O–H groups in total. The van der Waals surface area contributed by atoms with Crippen LogP contribution < -0.4 is 16.4 Å². The molecule has 1 aliphatic heterocycles. The molecule has 3 aromatic heterocycles. The van der Waals surface area contributed by atoms with Gasteiger partial charge in [0.15, 0.2) is 0 Å². The third-order valence-electron chi connectivity index (χ3n) is 5.93. The van der Waals surface area contributed by atoms with E-state index in [2.05, 4.69) is 24.8 Å². The zero-order chi connectivity index (χ0) is 20.0. The zero-order valence-electron chi connectivity index (χ0n) is 15.6. The molecular formula is C19H20ClN7S2. The zero-order valence-corrected chi connectivity index (χ0v) is 18.0. The van der Waals surface area contributed by atoms with Crippen LogP contribution in [0.25, 0.3) is 0 Å². The Hall–Kier alpha value is -1.94. The molecule has 10 heteroatoms. The Morgan fingerprint density at radius 1 is 1.17 bits per heavy atom. The van der Waals surface area contributed by atoms with Crippen LogP contribution in [0.15, 0.2) is 40.1 Å². The van der Waals surface area contributed by atoms with Crippen molar-refractivity contribution in [2.24, 2.45) is 11.1 Å². The predicted octanol–water partition coefficient (Wildman–Crippen LogP) is 3.56. The standard InChI is InChI=1S/C19H20ClN7S2/c20-15-12(1-4-23-18(15)22)29-14-9-24-13(8-25-14)27-5-2-19(3-6-27)7-11-16(17(19)21)28-10-26-11/h1,4,8-10,17H,2-3,5-7,21H2,(H2,22,23)/t17-/m1/s1. The average Bonchev–Trinajstić information content (AvgIpc) is 3.28. The Labute approximate surface area is 181 Å². The first-order valence-corrected chi connectivity index (χ1v) is 11.5. The van der Waals surface area contributed by atoms with Crippen molar-refractivity contribution in [3.8, 4) is 0 Å². The SMILES string of the molecule is Nc1nccc(Sc2cnc(N3CCC4(CC3)Cc3ncsc3[C@H]4N)cn2)c1Cl. The van der Waals surface area contributed by atoms with Crippen molar-refractivity contribution in [3.05, 3.63) is 45.8 Å². The number of rotatable bonds is 3. The maximum absolute atomic E-state index is 6.60. The topological polar surface area (TPSA) is 107 Å². The van der Waals surface area contributed by atoms with Gasteiger partial charge in [-0.3, -0.25) is 0 Å². The van der Waals surface area contributed by atoms with Crippen LogP contribution in [0, 0.1) is 5.41 Å². The number of pyridine rings is 1. The van der Waals surface area contributed by atoms with Crippen LogP contribution in [-0.4, -0.2) is 33.0 Å². The summed E-state index contributed by atoms with van der Waals surface area (Å²) in [6.07, 6.45) is 8.32. The molecule has 4 heterocycles. The summed E-state index contributed by atoms with van der Waals surface area (Å²) in [6, 6.07) is 1.93. The minimum atomic E-state index is 0.106. The summed E-state index contributed by atoms with van der Waals surface area (Å²) in [5.74, 6) is 1.21. The minimum absolute atomic E-state index is 0.106. The number of nitrogens with two attached hydrogens (primary N) is 2. The molecule has 1 spiro atoms. The Balaban J connectivity index is 1.25. The van der Waals surface area contributed by atoms with Gasteiger partial charge in [0.2, 0.25) is 0 Å². The van der Waals surface area contributed by atoms with Gasteiger partial charge in [0.05, 0.1) is 28.6 Å². The lowest BCUT2D eigenvalue weighted by Gasteiger charge is -2.42. The Morgan fingerprint density at radius 3 is 2.72 bits per heavy atom. The lowest BCUT2D eigenvalue weighted by Crippen LogP contribution is -2.44. The van der Waals surface area contributed by atoms with E-state index in [0.717, 1.165) is 48.1 Å². The molecule has 7 nitrogen and oxygen atoms in total. The molecule has 0 aromatic carbocycles. The van der Waals surface area contributed by atoms with Crippen LogP contribution in [0.5, 0.6) is 0 Å². The third-order valence-corrected chi connectivity index (χ3v) is 8.37. The largest absolute Gasteiger partial charge is 0.382 e. The van der Waals surface area contributed by atoms with Gasteiger partial charge in [-0.1, -0.05) is 23.4 Å². The van der Waals surface area contributed by atoms with E-state index < -0.39 is 0 Å². The number of piperidine rings is 1. The van der Waals surface area contributed by atoms with Crippen molar-refractivity contribution in [1.82, 2.24) is 19.9 Å². The van der Waals surface area contributed by atoms with Crippen molar-refractivity contribution in [2.75, 3.05) is 23.7 Å². The number of thiazole rings is 1. The lowest BCUT2D eigenvalue weighted by molar-refractivity contribution is 0.187. The molecule has 0 saturated carbocycles. The molecule has 1 aliphatic carbocycles. The maximum Gasteiger partial charge on any atom is 0.147 e. The fraction of sp³-hybridized carbons (Fsp3) is 0.368. The van der Waals surface area contributed by atoms with Crippen LogP contribution in [-0.2, 0) is 6.42 Å². The van der Waals surface area contributed by atoms with Gasteiger partial charge >= 0.3 is 0 Å². The highest BCUT2D eigenvalue weighted by molar-refractivity contribution is 7.99. The highest BCUT2D eigenvalue weighted by Crippen LogP contribution is 2.51. The molecule has 29 heavy (non-hydrogen) atoms. The Bertz CT molecular complexity index is 1030. The molecule has 1 fully saturated rings. The first-order chi connectivity index (χ1) is 14.1. The molecule has 3 aromatic rings. The van der Waals surface area contributed by atoms with Gasteiger partial charge in [-0.2, -0.15) is 0 Å². The molecule has 150 valence electrons. The summed E-state index contributed by atoms with van der Waals surface area (Å²) in [5, 5.41) is 1.21. The van der Waals surface area contributed by atoms with Gasteiger partial charge in [0.25, 0.3) is 0 Å². The molecule has 2 aliphatic rings. The summed E-state index contributed by atoms with van der Waals surface area (Å²) < 4.78 is 0. The molecule has 5 rings (SSSR count). The minimum Gasteiger partial charge on any atom is -0.382 e. The van der Waals surface area contributed by atoms with E-state index in [4.69, 9.17) is 23.1 Å². The normalized spacial score (nSPS) is 20.2. The molecule has 1 atom stereocenters. The van der Waals surface area contributed by atoms with Crippen LogP contribution >= 0.6 is 34.7 Å². The number of hydrogen-bond acceptors (Lipinski definition) is 9. The van der Waals surface area contributed by atoms with Crippen LogP contribution in [0.4, 0.5) is 11.6 Å². The predicted molar refractivity (Wildman–Crippen MR) is 116 cm³/mol. The Kier molecular flexibility index (Phi) is 4.85. The molecule has 0 amide bonds. The summed E-state index contributed by atoms with van der Waals surface area (Å²) in [7, 11) is 0. The van der Waals surface area contributed by atoms with Crippen LogP contribution in [0.2, 0.25) is 5.02 Å². The second kappa shape index (κ2) is 7.39. The number of halogens is 1. The fourth-order valence-electron chi connectivity index (χ4n) is 4.21. The lowest BCUT2D eigenvalue weighted by atomic mass is 9.74. The quantitative estimate of drug-likeness (QED) is 0.630. The summed E-state index contributed by atoms with van der Waals surface area (Å²) in [4.78, 5) is 22.0. The van der Waals surface area contributed by atoms with E-state index >= 15 is 0 Å². The van der Waals surface area contributed by atoms with Gasteiger partial charge in [0, 0.05) is 35.1 Å². The van der Waals surface area contributed by atoms with Crippen molar-refractivity contribution in [1.29, 1.82) is 0 Å². The highest BCUT2D eigenvalue weighted by Gasteiger charge is 2.47. The summed E-state index contributed by atoms with van der Waals surface area (Å²) >= 11 is 9.33. The number of anilines is 2. The maximum atomic E-state index is 6.60. The number of fused-ring (bicyclic) bond motifs is 1. The van der Waals surface area contributed by atoms with E-state index in [1.807, 2.05) is 17.8 Å². The van der Waals surface area contributed by atoms with E-state index in [-0.39, 0.29) is 11.5 Å². The summed E-state index contributed by atoms with van der Waals surface area (Å²) in [5.41, 5.74) is 15.6. The molecule has 0 unspecified atom stereocenters. The van der Waals surface area contributed by atoms with Crippen molar-refractivity contribution in [3.63, 3.8) is 0 Å². The van der Waals surface area contributed by atoms with E-state index in [1.54, 1.807) is 23.7 Å². The van der Waals surface area contributed by atoms with E-state index in [9.17, 15) is 0 Å². The number of nitrogens with zero attached hydrogens (tertiary/aromatic N) is 5. The highest BCUT2D eigenvalue weighted by atomic mass is 35.5. The summed E-state index contributed by atoms with van der Waals surface area (Å²) in [6.45, 7) is 1.85. The molecule has 0 radical (unpaired) electrons. The Morgan fingerprint density at radius 2 is 2.00 bits per heavy atom. The van der Waals surface area contributed by atoms with E-state index in [0.29, 0.717) is 10.8 Å². The monoisotopic (exact) mass is 445 g/mol. The van der Waals surface area contributed by atoms with Crippen LogP contribution in [0.1, 0.15) is 29.5 Å².